The fraction of sp³-hybridized carbons (Fsp3) is 0.455. The molecule has 3 unspecified atom stereocenters. The summed E-state index contributed by atoms with van der Waals surface area (Å²) < 4.78 is 13.4. The summed E-state index contributed by atoms with van der Waals surface area (Å²) in [4.78, 5) is 32.9. The summed E-state index contributed by atoms with van der Waals surface area (Å²) in [6.07, 6.45) is 2.18. The molecule has 2 bridgehead atoms. The van der Waals surface area contributed by atoms with E-state index in [1.165, 1.54) is 12.1 Å². The van der Waals surface area contributed by atoms with Crippen molar-refractivity contribution in [3.8, 4) is 0 Å². The third-order valence-electron chi connectivity index (χ3n) is 6.84. The van der Waals surface area contributed by atoms with Gasteiger partial charge in [0.25, 0.3) is 11.5 Å². The fourth-order valence-corrected chi connectivity index (χ4v) is 5.55. The topological polar surface area (TPSA) is 56.4 Å². The van der Waals surface area contributed by atoms with Crippen LogP contribution in [0.2, 0.25) is 0 Å². The molecule has 5 heterocycles. The summed E-state index contributed by atoms with van der Waals surface area (Å²) in [5.41, 5.74) is 1.69. The number of hydrogen-bond donors (Lipinski definition) is 1. The molecule has 4 fully saturated rings. The van der Waals surface area contributed by atoms with Gasteiger partial charge in [0, 0.05) is 24.2 Å². The predicted molar refractivity (Wildman–Crippen MR) is 104 cm³/mol. The first kappa shape index (κ1) is 17.6. The highest BCUT2D eigenvalue weighted by molar-refractivity contribution is 5.94. The van der Waals surface area contributed by atoms with Crippen LogP contribution in [-0.4, -0.2) is 52.4 Å². The molecule has 1 aromatic heterocycles. The number of nitrogens with zero attached hydrogens (tertiary/aromatic N) is 2. The van der Waals surface area contributed by atoms with Crippen LogP contribution in [0.4, 0.5) is 4.39 Å². The lowest BCUT2D eigenvalue weighted by molar-refractivity contribution is -0.00346. The van der Waals surface area contributed by atoms with Gasteiger partial charge in [-0.1, -0.05) is 12.1 Å². The minimum absolute atomic E-state index is 0.116. The molecule has 6 rings (SSSR count). The number of carbonyl (C=O) groups is 1. The molecule has 1 amide bonds. The summed E-state index contributed by atoms with van der Waals surface area (Å²) in [5.74, 6) is 0.175. The van der Waals surface area contributed by atoms with Crippen molar-refractivity contribution in [1.82, 2.24) is 14.8 Å². The van der Waals surface area contributed by atoms with Gasteiger partial charge in [-0.05, 0) is 68.6 Å². The molecule has 5 nitrogen and oxygen atoms in total. The quantitative estimate of drug-likeness (QED) is 0.870. The number of fused-ring (bicyclic) bond motifs is 2. The number of carbonyl (C=O) groups excluding carboxylic acids is 1. The van der Waals surface area contributed by atoms with E-state index < -0.39 is 0 Å². The number of aromatic nitrogens is 1. The van der Waals surface area contributed by atoms with E-state index in [9.17, 15) is 14.0 Å². The maximum Gasteiger partial charge on any atom is 0.260 e. The Morgan fingerprint density at radius 3 is 2.46 bits per heavy atom. The highest BCUT2D eigenvalue weighted by Gasteiger charge is 2.54. The van der Waals surface area contributed by atoms with Crippen LogP contribution in [0.25, 0.3) is 0 Å². The van der Waals surface area contributed by atoms with E-state index in [4.69, 9.17) is 0 Å². The van der Waals surface area contributed by atoms with Gasteiger partial charge in [-0.25, -0.2) is 4.39 Å². The molecule has 1 N–H and O–H groups in total. The second-order valence-corrected chi connectivity index (χ2v) is 8.35. The monoisotopic (exact) mass is 381 g/mol. The first-order valence-electron chi connectivity index (χ1n) is 10.0. The number of pyridine rings is 1. The van der Waals surface area contributed by atoms with Gasteiger partial charge < -0.3 is 9.88 Å². The number of rotatable bonds is 2. The van der Waals surface area contributed by atoms with E-state index in [1.54, 1.807) is 19.1 Å². The summed E-state index contributed by atoms with van der Waals surface area (Å²) in [5, 5.41) is 0. The summed E-state index contributed by atoms with van der Waals surface area (Å²) >= 11 is 0. The molecule has 0 spiro atoms. The zero-order valence-corrected chi connectivity index (χ0v) is 15.9. The Kier molecular flexibility index (Phi) is 4.12. The average Bonchev–Trinajstić information content (AvgIpc) is 3.12. The number of H-pyrrole nitrogens is 1. The van der Waals surface area contributed by atoms with Crippen molar-refractivity contribution in [3.05, 3.63) is 69.4 Å². The van der Waals surface area contributed by atoms with E-state index in [-0.39, 0.29) is 40.8 Å². The van der Waals surface area contributed by atoms with Crippen molar-refractivity contribution in [2.75, 3.05) is 19.6 Å². The van der Waals surface area contributed by atoms with Crippen LogP contribution in [0.3, 0.4) is 0 Å². The van der Waals surface area contributed by atoms with Gasteiger partial charge in [-0.2, -0.15) is 0 Å². The molecule has 3 atom stereocenters. The van der Waals surface area contributed by atoms with Crippen LogP contribution in [-0.2, 0) is 0 Å². The van der Waals surface area contributed by atoms with Crippen LogP contribution >= 0.6 is 0 Å². The lowest BCUT2D eigenvalue weighted by atomic mass is 9.75. The van der Waals surface area contributed by atoms with Gasteiger partial charge in [0.2, 0.25) is 0 Å². The minimum Gasteiger partial charge on any atom is -0.333 e. The van der Waals surface area contributed by atoms with Crippen LogP contribution in [0, 0.1) is 18.7 Å². The van der Waals surface area contributed by atoms with Crippen LogP contribution < -0.4 is 5.56 Å². The number of likely N-dealkylation sites (tertiary alicyclic amines) is 1. The van der Waals surface area contributed by atoms with Crippen LogP contribution in [0.1, 0.15) is 40.4 Å². The minimum atomic E-state index is -0.326. The summed E-state index contributed by atoms with van der Waals surface area (Å²) in [6, 6.07) is 10.4. The number of hydrogen-bond acceptors (Lipinski definition) is 3. The van der Waals surface area contributed by atoms with Gasteiger partial charge in [0.15, 0.2) is 0 Å². The van der Waals surface area contributed by atoms with E-state index >= 15 is 0 Å². The van der Waals surface area contributed by atoms with Gasteiger partial charge in [-0.15, -0.1) is 0 Å². The second-order valence-electron chi connectivity index (χ2n) is 8.35. The van der Waals surface area contributed by atoms with Crippen molar-refractivity contribution in [2.24, 2.45) is 5.92 Å². The standard InChI is InChI=1S/C22H24FN3O2/c1-13-2-7-17(21(27)24-13)22(28)26-12-18(14-3-5-16(23)6-4-14)20-19(26)15-8-10-25(20)11-9-15/h2-7,15,18-20H,8-12H2,1H3,(H,24,27). The van der Waals surface area contributed by atoms with Crippen molar-refractivity contribution >= 4 is 5.91 Å². The molecule has 4 aliphatic heterocycles. The van der Waals surface area contributed by atoms with Crippen LogP contribution in [0.15, 0.2) is 41.2 Å². The smallest absolute Gasteiger partial charge is 0.260 e. The zero-order valence-electron chi connectivity index (χ0n) is 15.9. The first-order valence-corrected chi connectivity index (χ1v) is 10.0. The zero-order chi connectivity index (χ0) is 19.4. The Hall–Kier alpha value is -2.47. The average molecular weight is 381 g/mol. The third-order valence-corrected chi connectivity index (χ3v) is 6.84. The molecule has 4 aliphatic rings. The third kappa shape index (κ3) is 2.70. The largest absolute Gasteiger partial charge is 0.333 e. The first-order chi connectivity index (χ1) is 13.5. The molecule has 1 aromatic carbocycles. The van der Waals surface area contributed by atoms with Gasteiger partial charge in [-0.3, -0.25) is 14.5 Å². The lowest BCUT2D eigenvalue weighted by Crippen LogP contribution is -2.61. The van der Waals surface area contributed by atoms with E-state index in [0.717, 1.165) is 37.2 Å². The molecule has 0 aliphatic carbocycles. The molecule has 146 valence electrons. The van der Waals surface area contributed by atoms with Gasteiger partial charge in [0.1, 0.15) is 11.4 Å². The summed E-state index contributed by atoms with van der Waals surface area (Å²) in [6.45, 7) is 4.48. The maximum absolute atomic E-state index is 13.4. The lowest BCUT2D eigenvalue weighted by Gasteiger charge is -2.51. The predicted octanol–water partition coefficient (Wildman–Crippen LogP) is 2.52. The van der Waals surface area contributed by atoms with E-state index in [2.05, 4.69) is 9.88 Å². The Balaban J connectivity index is 1.54. The number of piperidine rings is 3. The Morgan fingerprint density at radius 2 is 1.79 bits per heavy atom. The van der Waals surface area contributed by atoms with Crippen molar-refractivity contribution in [2.45, 2.75) is 37.8 Å². The second kappa shape index (κ2) is 6.55. The molecule has 6 heteroatoms. The molecule has 28 heavy (non-hydrogen) atoms. The Labute approximate surface area is 163 Å². The highest BCUT2D eigenvalue weighted by Crippen LogP contribution is 2.46. The maximum atomic E-state index is 13.4. The summed E-state index contributed by atoms with van der Waals surface area (Å²) in [7, 11) is 0. The normalized spacial score (nSPS) is 31.1. The number of benzene rings is 1. The number of halogens is 1. The number of aromatic amines is 1. The number of amides is 1. The molecule has 0 saturated carbocycles. The molecular weight excluding hydrogens is 357 g/mol. The highest BCUT2D eigenvalue weighted by atomic mass is 19.1. The van der Waals surface area contributed by atoms with Crippen molar-refractivity contribution < 1.29 is 9.18 Å². The van der Waals surface area contributed by atoms with Gasteiger partial charge >= 0.3 is 0 Å². The molecular formula is C22H24FN3O2. The SMILES string of the molecule is Cc1ccc(C(=O)N2CC(c3ccc(F)cc3)C3C2C2CCN3CC2)c(=O)[nH]1. The van der Waals surface area contributed by atoms with E-state index in [1.807, 2.05) is 17.0 Å². The van der Waals surface area contributed by atoms with Crippen molar-refractivity contribution in [1.29, 1.82) is 0 Å². The Bertz CT molecular complexity index is 962. The molecule has 2 aromatic rings. The molecule has 0 radical (unpaired) electrons. The van der Waals surface area contributed by atoms with Crippen LogP contribution in [0.5, 0.6) is 0 Å². The number of nitrogens with one attached hydrogen (secondary N) is 1. The Morgan fingerprint density at radius 1 is 1.07 bits per heavy atom. The fourth-order valence-electron chi connectivity index (χ4n) is 5.55. The van der Waals surface area contributed by atoms with E-state index in [0.29, 0.717) is 12.5 Å². The van der Waals surface area contributed by atoms with Gasteiger partial charge in [0.05, 0.1) is 6.04 Å². The number of aryl methyl sites for hydroxylation is 1. The van der Waals surface area contributed by atoms with Crippen molar-refractivity contribution in [3.63, 3.8) is 0 Å². The molecule has 4 saturated heterocycles.